The first kappa shape index (κ1) is 17.3. The number of aliphatic hydroxyl groups excluding tert-OH is 4. The van der Waals surface area contributed by atoms with Gasteiger partial charge in [0.05, 0.1) is 38.4 Å². The molecular weight excluding hydrogens is 336 g/mol. The zero-order valence-electron chi connectivity index (χ0n) is 14.3. The summed E-state index contributed by atoms with van der Waals surface area (Å²) in [5, 5.41) is 39.7. The monoisotopic (exact) mass is 358 g/mol. The third-order valence-corrected chi connectivity index (χ3v) is 5.75. The number of hydrogen-bond acceptors (Lipinski definition) is 6. The highest BCUT2D eigenvalue weighted by Crippen LogP contribution is 2.50. The Bertz CT molecular complexity index is 823. The van der Waals surface area contributed by atoms with E-state index in [0.29, 0.717) is 17.9 Å². The molecule has 4 N–H and O–H groups in total. The molecule has 0 aromatic heterocycles. The average molecular weight is 358 g/mol. The quantitative estimate of drug-likeness (QED) is 0.626. The molecule has 0 bridgehead atoms. The average Bonchev–Trinajstić information content (AvgIpc) is 3.27. The maximum Gasteiger partial charge on any atom is 0.169 e. The molecule has 0 fully saturated rings. The second-order valence-corrected chi connectivity index (χ2v) is 6.94. The molecule has 26 heavy (non-hydrogen) atoms. The van der Waals surface area contributed by atoms with E-state index in [1.54, 1.807) is 12.1 Å². The summed E-state index contributed by atoms with van der Waals surface area (Å²) in [5.74, 6) is 1.32. The van der Waals surface area contributed by atoms with Gasteiger partial charge in [-0.3, -0.25) is 0 Å². The highest BCUT2D eigenvalue weighted by molar-refractivity contribution is 5.70. The van der Waals surface area contributed by atoms with Crippen LogP contribution in [0.15, 0.2) is 36.4 Å². The Morgan fingerprint density at radius 2 is 1.46 bits per heavy atom. The van der Waals surface area contributed by atoms with E-state index in [9.17, 15) is 20.4 Å². The lowest BCUT2D eigenvalue weighted by molar-refractivity contribution is -0.0997. The molecule has 6 heteroatoms. The molecule has 0 amide bonds. The second kappa shape index (κ2) is 6.25. The van der Waals surface area contributed by atoms with E-state index >= 15 is 0 Å². The summed E-state index contributed by atoms with van der Waals surface area (Å²) in [6, 6.07) is 11.5. The van der Waals surface area contributed by atoms with Gasteiger partial charge < -0.3 is 29.9 Å². The van der Waals surface area contributed by atoms with Crippen molar-refractivity contribution in [3.05, 3.63) is 47.5 Å². The fourth-order valence-electron chi connectivity index (χ4n) is 4.01. The van der Waals surface area contributed by atoms with Gasteiger partial charge in [0, 0.05) is 12.0 Å². The van der Waals surface area contributed by atoms with Crippen molar-refractivity contribution < 1.29 is 29.9 Å². The fraction of sp³-hybridized carbons (Fsp3) is 0.400. The van der Waals surface area contributed by atoms with Crippen LogP contribution in [-0.2, 0) is 11.8 Å². The van der Waals surface area contributed by atoms with Crippen LogP contribution in [0.2, 0.25) is 0 Å². The van der Waals surface area contributed by atoms with Gasteiger partial charge in [0.15, 0.2) is 5.60 Å². The summed E-state index contributed by atoms with van der Waals surface area (Å²) in [4.78, 5) is 0. The third-order valence-electron chi connectivity index (χ3n) is 5.75. The topological polar surface area (TPSA) is 99.4 Å². The lowest BCUT2D eigenvalue weighted by Gasteiger charge is -2.39. The van der Waals surface area contributed by atoms with Crippen LogP contribution in [0, 0.1) is 0 Å². The van der Waals surface area contributed by atoms with Gasteiger partial charge in [0.25, 0.3) is 0 Å². The van der Waals surface area contributed by atoms with E-state index in [4.69, 9.17) is 9.47 Å². The Kier molecular flexibility index (Phi) is 4.16. The number of hydrogen-bond donors (Lipinski definition) is 4. The molecule has 4 rings (SSSR count). The van der Waals surface area contributed by atoms with Crippen molar-refractivity contribution in [2.75, 3.05) is 33.0 Å². The predicted molar refractivity (Wildman–Crippen MR) is 94.5 cm³/mol. The molecule has 0 radical (unpaired) electrons. The minimum atomic E-state index is -1.47. The largest absolute Gasteiger partial charge is 0.493 e. The van der Waals surface area contributed by atoms with E-state index in [0.717, 1.165) is 23.3 Å². The molecular formula is C20H22O6. The second-order valence-electron chi connectivity index (χ2n) is 6.94. The summed E-state index contributed by atoms with van der Waals surface area (Å²) in [6.07, 6.45) is 0.911. The van der Waals surface area contributed by atoms with Crippen molar-refractivity contribution in [3.63, 3.8) is 0 Å². The van der Waals surface area contributed by atoms with Crippen LogP contribution in [0.4, 0.5) is 0 Å². The van der Waals surface area contributed by atoms with Crippen molar-refractivity contribution in [2.24, 2.45) is 0 Å². The third kappa shape index (κ3) is 2.20. The highest BCUT2D eigenvalue weighted by atomic mass is 16.5. The molecule has 2 aromatic rings. The first-order chi connectivity index (χ1) is 12.6. The molecule has 0 unspecified atom stereocenters. The van der Waals surface area contributed by atoms with Crippen molar-refractivity contribution in [1.82, 2.24) is 0 Å². The lowest BCUT2D eigenvalue weighted by atomic mass is 9.70. The molecule has 0 saturated carbocycles. The molecule has 2 heterocycles. The van der Waals surface area contributed by atoms with Crippen LogP contribution in [0.25, 0.3) is 11.1 Å². The summed E-state index contributed by atoms with van der Waals surface area (Å²) >= 11 is 0. The van der Waals surface area contributed by atoms with Gasteiger partial charge in [-0.05, 0) is 28.8 Å². The van der Waals surface area contributed by atoms with E-state index in [2.05, 4.69) is 0 Å². The van der Waals surface area contributed by atoms with Gasteiger partial charge in [0.1, 0.15) is 11.5 Å². The van der Waals surface area contributed by atoms with E-state index in [1.165, 1.54) is 5.56 Å². The minimum absolute atomic E-state index is 0.440. The Morgan fingerprint density at radius 1 is 0.808 bits per heavy atom. The van der Waals surface area contributed by atoms with Crippen LogP contribution in [0.1, 0.15) is 11.1 Å². The van der Waals surface area contributed by atoms with E-state index < -0.39 is 37.4 Å². The van der Waals surface area contributed by atoms with Gasteiger partial charge in [0.2, 0.25) is 0 Å². The zero-order valence-corrected chi connectivity index (χ0v) is 14.3. The lowest BCUT2D eigenvalue weighted by Crippen LogP contribution is -2.60. The summed E-state index contributed by atoms with van der Waals surface area (Å²) in [5.41, 5.74) is 0.862. The maximum atomic E-state index is 9.97. The Labute approximate surface area is 151 Å². The number of aliphatic hydroxyl groups is 4. The van der Waals surface area contributed by atoms with E-state index in [-0.39, 0.29) is 0 Å². The van der Waals surface area contributed by atoms with Crippen LogP contribution < -0.4 is 9.47 Å². The maximum absolute atomic E-state index is 9.97. The van der Waals surface area contributed by atoms with Crippen LogP contribution in [0.5, 0.6) is 11.5 Å². The summed E-state index contributed by atoms with van der Waals surface area (Å²) < 4.78 is 11.5. The van der Waals surface area contributed by atoms with Crippen molar-refractivity contribution in [1.29, 1.82) is 0 Å². The van der Waals surface area contributed by atoms with Gasteiger partial charge in [-0.2, -0.15) is 0 Å². The molecule has 138 valence electrons. The Morgan fingerprint density at radius 3 is 2.12 bits per heavy atom. The van der Waals surface area contributed by atoms with Gasteiger partial charge in [-0.25, -0.2) is 0 Å². The standard InChI is InChI=1S/C20H22O6/c21-9-19(10-22)16-4-3-15(8-18(16)26-20(19,11-23)12-24)14-2-1-13-5-6-25-17(13)7-14/h1-4,7-8,21-24H,5-6,9-12H2. The molecule has 2 aliphatic heterocycles. The normalized spacial score (nSPS) is 18.8. The Balaban J connectivity index is 1.80. The number of ether oxygens (including phenoxy) is 2. The minimum Gasteiger partial charge on any atom is -0.493 e. The first-order valence-electron chi connectivity index (χ1n) is 8.66. The predicted octanol–water partition coefficient (Wildman–Crippen LogP) is 0.627. The number of fused-ring (bicyclic) bond motifs is 2. The van der Waals surface area contributed by atoms with E-state index in [1.807, 2.05) is 24.3 Å². The highest BCUT2D eigenvalue weighted by Gasteiger charge is 2.59. The van der Waals surface area contributed by atoms with Crippen LogP contribution in [0.3, 0.4) is 0 Å². The number of benzene rings is 2. The number of rotatable bonds is 5. The van der Waals surface area contributed by atoms with Crippen LogP contribution >= 0.6 is 0 Å². The smallest absolute Gasteiger partial charge is 0.169 e. The molecule has 2 aromatic carbocycles. The summed E-state index contributed by atoms with van der Waals surface area (Å²) in [7, 11) is 0. The summed E-state index contributed by atoms with van der Waals surface area (Å²) in [6.45, 7) is -1.27. The molecule has 0 saturated heterocycles. The van der Waals surface area contributed by atoms with Crippen molar-refractivity contribution in [2.45, 2.75) is 17.4 Å². The first-order valence-corrected chi connectivity index (χ1v) is 8.66. The van der Waals surface area contributed by atoms with Crippen molar-refractivity contribution in [3.8, 4) is 22.6 Å². The van der Waals surface area contributed by atoms with Crippen molar-refractivity contribution >= 4 is 0 Å². The fourth-order valence-corrected chi connectivity index (χ4v) is 4.01. The zero-order chi connectivity index (χ0) is 18.4. The van der Waals surface area contributed by atoms with Gasteiger partial charge in [-0.1, -0.05) is 24.3 Å². The Hall–Kier alpha value is -2.12. The molecule has 0 aliphatic carbocycles. The SMILES string of the molecule is OCC1(CO)Oc2cc(-c3ccc4c(c3)OCC4)ccc2C1(CO)CO. The molecule has 0 atom stereocenters. The van der Waals surface area contributed by atoms with Gasteiger partial charge >= 0.3 is 0 Å². The van der Waals surface area contributed by atoms with Gasteiger partial charge in [-0.15, -0.1) is 0 Å². The molecule has 2 aliphatic rings. The van der Waals surface area contributed by atoms with Crippen LogP contribution in [-0.4, -0.2) is 59.1 Å². The molecule has 6 nitrogen and oxygen atoms in total. The molecule has 0 spiro atoms.